The van der Waals surface area contributed by atoms with Gasteiger partial charge in [-0.2, -0.15) is 12.6 Å². The molecule has 0 saturated heterocycles. The highest BCUT2D eigenvalue weighted by Gasteiger charge is 2.00. The number of hydrogen-bond acceptors (Lipinski definition) is 2. The minimum absolute atomic E-state index is 0.908. The third-order valence-electron chi connectivity index (χ3n) is 1.85. The zero-order valence-corrected chi connectivity index (χ0v) is 8.51. The molecule has 66 valence electrons. The summed E-state index contributed by atoms with van der Waals surface area (Å²) in [4.78, 5) is 2.14. The molecule has 1 rings (SSSR count). The normalized spacial score (nSPS) is 9.92. The number of hydrogen-bond donors (Lipinski definition) is 1. The van der Waals surface area contributed by atoms with Crippen molar-refractivity contribution in [1.82, 2.24) is 0 Å². The molecular formula is C10H15NS. The monoisotopic (exact) mass is 181 g/mol. The maximum Gasteiger partial charge on any atom is 0.0393 e. The Hall–Kier alpha value is -0.630. The molecule has 0 amide bonds. The Labute approximate surface area is 79.8 Å². The van der Waals surface area contributed by atoms with Gasteiger partial charge in [-0.1, -0.05) is 18.2 Å². The van der Waals surface area contributed by atoms with E-state index in [1.165, 1.54) is 11.3 Å². The molecule has 2 heteroatoms. The van der Waals surface area contributed by atoms with Gasteiger partial charge in [0.1, 0.15) is 0 Å². The Morgan fingerprint density at radius 2 is 1.92 bits per heavy atom. The van der Waals surface area contributed by atoms with Gasteiger partial charge in [-0.25, -0.2) is 0 Å². The standard InChI is InChI=1S/C10H15NS/c1-11(2)10-6-4-3-5-9(10)7-8-12/h3-6,12H,7-8H2,1-2H3. The first-order chi connectivity index (χ1) is 5.75. The highest BCUT2D eigenvalue weighted by Crippen LogP contribution is 2.18. The van der Waals surface area contributed by atoms with E-state index in [-0.39, 0.29) is 0 Å². The van der Waals surface area contributed by atoms with E-state index in [9.17, 15) is 0 Å². The lowest BCUT2D eigenvalue weighted by Gasteiger charge is -2.16. The molecule has 1 aromatic carbocycles. The smallest absolute Gasteiger partial charge is 0.0393 e. The molecule has 0 heterocycles. The molecule has 0 aliphatic carbocycles. The summed E-state index contributed by atoms with van der Waals surface area (Å²) in [5.41, 5.74) is 2.67. The fourth-order valence-electron chi connectivity index (χ4n) is 1.28. The first-order valence-corrected chi connectivity index (χ1v) is 4.75. The van der Waals surface area contributed by atoms with Gasteiger partial charge in [-0.05, 0) is 23.8 Å². The van der Waals surface area contributed by atoms with Gasteiger partial charge in [0.05, 0.1) is 0 Å². The van der Waals surface area contributed by atoms with Gasteiger partial charge in [0, 0.05) is 19.8 Å². The van der Waals surface area contributed by atoms with Crippen LogP contribution in [0.4, 0.5) is 5.69 Å². The van der Waals surface area contributed by atoms with Crippen molar-refractivity contribution in [2.45, 2.75) is 6.42 Å². The molecule has 0 atom stereocenters. The van der Waals surface area contributed by atoms with Crippen LogP contribution in [0.3, 0.4) is 0 Å². The number of para-hydroxylation sites is 1. The van der Waals surface area contributed by atoms with Crippen LogP contribution in [0.5, 0.6) is 0 Å². The van der Waals surface area contributed by atoms with Crippen molar-refractivity contribution in [1.29, 1.82) is 0 Å². The molecule has 0 saturated carbocycles. The summed E-state index contributed by atoms with van der Waals surface area (Å²) in [6.45, 7) is 0. The molecule has 0 fully saturated rings. The molecule has 0 aliphatic heterocycles. The van der Waals surface area contributed by atoms with Gasteiger partial charge >= 0.3 is 0 Å². The fraction of sp³-hybridized carbons (Fsp3) is 0.400. The van der Waals surface area contributed by atoms with Crippen LogP contribution < -0.4 is 4.90 Å². The number of thiol groups is 1. The van der Waals surface area contributed by atoms with Crippen molar-refractivity contribution in [3.63, 3.8) is 0 Å². The number of anilines is 1. The summed E-state index contributed by atoms with van der Waals surface area (Å²) < 4.78 is 0. The molecule has 0 N–H and O–H groups in total. The highest BCUT2D eigenvalue weighted by atomic mass is 32.1. The zero-order chi connectivity index (χ0) is 8.97. The van der Waals surface area contributed by atoms with E-state index in [0.29, 0.717) is 0 Å². The lowest BCUT2D eigenvalue weighted by atomic mass is 10.1. The molecule has 0 bridgehead atoms. The maximum absolute atomic E-state index is 4.23. The van der Waals surface area contributed by atoms with Gasteiger partial charge in [0.15, 0.2) is 0 Å². The molecule has 0 spiro atoms. The largest absolute Gasteiger partial charge is 0.377 e. The van der Waals surface area contributed by atoms with Crippen LogP contribution in [-0.2, 0) is 6.42 Å². The molecule has 0 radical (unpaired) electrons. The highest BCUT2D eigenvalue weighted by molar-refractivity contribution is 7.80. The lowest BCUT2D eigenvalue weighted by Crippen LogP contribution is -2.11. The maximum atomic E-state index is 4.23. The predicted molar refractivity (Wildman–Crippen MR) is 58.3 cm³/mol. The Morgan fingerprint density at radius 3 is 2.50 bits per heavy atom. The average Bonchev–Trinajstić information content (AvgIpc) is 2.05. The average molecular weight is 181 g/mol. The minimum atomic E-state index is 0.908. The van der Waals surface area contributed by atoms with Crippen LogP contribution in [0.25, 0.3) is 0 Å². The number of nitrogens with zero attached hydrogens (tertiary/aromatic N) is 1. The summed E-state index contributed by atoms with van der Waals surface area (Å²) in [7, 11) is 4.13. The van der Waals surface area contributed by atoms with Crippen LogP contribution >= 0.6 is 12.6 Å². The van der Waals surface area contributed by atoms with Gasteiger partial charge in [-0.15, -0.1) is 0 Å². The van der Waals surface area contributed by atoms with E-state index >= 15 is 0 Å². The van der Waals surface area contributed by atoms with Crippen molar-refractivity contribution >= 4 is 18.3 Å². The summed E-state index contributed by atoms with van der Waals surface area (Å²) in [6, 6.07) is 8.44. The van der Waals surface area contributed by atoms with Crippen LogP contribution in [0.1, 0.15) is 5.56 Å². The zero-order valence-electron chi connectivity index (χ0n) is 7.62. The topological polar surface area (TPSA) is 3.24 Å². The molecule has 0 aromatic heterocycles. The second-order valence-corrected chi connectivity index (χ2v) is 3.44. The van der Waals surface area contributed by atoms with Gasteiger partial charge < -0.3 is 4.90 Å². The van der Waals surface area contributed by atoms with E-state index in [1.807, 2.05) is 0 Å². The van der Waals surface area contributed by atoms with Crippen LogP contribution in [0, 0.1) is 0 Å². The van der Waals surface area contributed by atoms with Crippen molar-refractivity contribution in [2.75, 3.05) is 24.7 Å². The third kappa shape index (κ3) is 2.18. The van der Waals surface area contributed by atoms with Gasteiger partial charge in [-0.3, -0.25) is 0 Å². The molecule has 0 aliphatic rings. The quantitative estimate of drug-likeness (QED) is 0.700. The van der Waals surface area contributed by atoms with Crippen molar-refractivity contribution < 1.29 is 0 Å². The van der Waals surface area contributed by atoms with Crippen molar-refractivity contribution in [2.24, 2.45) is 0 Å². The van der Waals surface area contributed by atoms with E-state index in [1.54, 1.807) is 0 Å². The predicted octanol–water partition coefficient (Wildman–Crippen LogP) is 2.22. The first-order valence-electron chi connectivity index (χ1n) is 4.12. The van der Waals surface area contributed by atoms with Crippen LogP contribution in [0.2, 0.25) is 0 Å². The Balaban J connectivity index is 2.92. The summed E-state index contributed by atoms with van der Waals surface area (Å²) >= 11 is 4.23. The summed E-state index contributed by atoms with van der Waals surface area (Å²) in [6.07, 6.45) is 1.04. The van der Waals surface area contributed by atoms with E-state index < -0.39 is 0 Å². The Bertz CT molecular complexity index is 245. The van der Waals surface area contributed by atoms with Crippen LogP contribution in [-0.4, -0.2) is 19.8 Å². The first kappa shape index (κ1) is 9.46. The van der Waals surface area contributed by atoms with E-state index in [0.717, 1.165) is 12.2 Å². The molecule has 0 unspecified atom stereocenters. The van der Waals surface area contributed by atoms with Crippen LogP contribution in [0.15, 0.2) is 24.3 Å². The molecule has 12 heavy (non-hydrogen) atoms. The summed E-state index contributed by atoms with van der Waals surface area (Å²) in [5, 5.41) is 0. The summed E-state index contributed by atoms with van der Waals surface area (Å²) in [5.74, 6) is 0.908. The second kappa shape index (κ2) is 4.41. The van der Waals surface area contributed by atoms with E-state index in [2.05, 4.69) is 55.9 Å². The third-order valence-corrected chi connectivity index (χ3v) is 2.08. The Morgan fingerprint density at radius 1 is 1.25 bits per heavy atom. The minimum Gasteiger partial charge on any atom is -0.377 e. The molecular weight excluding hydrogens is 166 g/mol. The van der Waals surface area contributed by atoms with Crippen molar-refractivity contribution in [3.05, 3.63) is 29.8 Å². The molecule has 1 nitrogen and oxygen atoms in total. The second-order valence-electron chi connectivity index (χ2n) is 3.00. The number of aryl methyl sites for hydroxylation is 1. The SMILES string of the molecule is CN(C)c1ccccc1CCS. The van der Waals surface area contributed by atoms with Crippen molar-refractivity contribution in [3.8, 4) is 0 Å². The van der Waals surface area contributed by atoms with Gasteiger partial charge in [0.2, 0.25) is 0 Å². The van der Waals surface area contributed by atoms with Gasteiger partial charge in [0.25, 0.3) is 0 Å². The number of rotatable bonds is 3. The lowest BCUT2D eigenvalue weighted by molar-refractivity contribution is 1.07. The van der Waals surface area contributed by atoms with E-state index in [4.69, 9.17) is 0 Å². The fourth-order valence-corrected chi connectivity index (χ4v) is 1.52. The Kier molecular flexibility index (Phi) is 3.48. The number of benzene rings is 1. The molecule has 1 aromatic rings.